The van der Waals surface area contributed by atoms with Gasteiger partial charge in [0.15, 0.2) is 0 Å². The molecule has 2 aromatic rings. The van der Waals surface area contributed by atoms with Crippen LogP contribution < -0.4 is 10.1 Å². The Labute approximate surface area is 151 Å². The van der Waals surface area contributed by atoms with Crippen LogP contribution in [-0.4, -0.2) is 25.3 Å². The summed E-state index contributed by atoms with van der Waals surface area (Å²) in [7, 11) is 1.60. The first-order valence-electron chi connectivity index (χ1n) is 7.66. The van der Waals surface area contributed by atoms with Crippen LogP contribution in [0.1, 0.15) is 16.7 Å². The fourth-order valence-corrected chi connectivity index (χ4v) is 2.40. The minimum Gasteiger partial charge on any atom is -0.497 e. The van der Waals surface area contributed by atoms with E-state index in [0.29, 0.717) is 23.6 Å². The van der Waals surface area contributed by atoms with Gasteiger partial charge in [-0.15, -0.1) is 0 Å². The van der Waals surface area contributed by atoms with Gasteiger partial charge < -0.3 is 10.1 Å². The summed E-state index contributed by atoms with van der Waals surface area (Å²) in [4.78, 5) is 23.9. The minimum absolute atomic E-state index is 0.0692. The average molecular weight is 357 g/mol. The molecule has 128 valence electrons. The summed E-state index contributed by atoms with van der Waals surface area (Å²) in [5, 5.41) is 11.9. The van der Waals surface area contributed by atoms with Crippen LogP contribution in [0.4, 0.5) is 0 Å². The van der Waals surface area contributed by atoms with E-state index in [1.165, 1.54) is 6.07 Å². The molecule has 0 heterocycles. The number of hydrogen-bond acceptors (Lipinski definition) is 4. The number of ketones is 1. The summed E-state index contributed by atoms with van der Waals surface area (Å²) in [6, 6.07) is 14.1. The topological polar surface area (TPSA) is 79.2 Å². The van der Waals surface area contributed by atoms with Crippen LogP contribution >= 0.6 is 11.6 Å². The number of halogens is 1. The predicted octanol–water partition coefficient (Wildman–Crippen LogP) is 2.69. The number of hydrogen-bond donors (Lipinski definition) is 1. The number of Topliss-reactive ketones (excluding diaryl/α,β-unsaturated/α-hetero) is 1. The molecule has 6 heteroatoms. The number of carbonyl (C=O) groups excluding carboxylic acids is 2. The molecule has 5 nitrogen and oxygen atoms in total. The second kappa shape index (κ2) is 8.86. The first-order chi connectivity index (χ1) is 12.0. The lowest BCUT2D eigenvalue weighted by molar-refractivity contribution is -0.137. The maximum absolute atomic E-state index is 12.0. The highest BCUT2D eigenvalue weighted by atomic mass is 35.5. The van der Waals surface area contributed by atoms with E-state index >= 15 is 0 Å². The summed E-state index contributed by atoms with van der Waals surface area (Å²) in [5.41, 5.74) is 1.90. The van der Waals surface area contributed by atoms with Crippen LogP contribution in [-0.2, 0) is 22.4 Å². The van der Waals surface area contributed by atoms with Gasteiger partial charge in [0.2, 0.25) is 5.78 Å². The fraction of sp³-hybridized carbons (Fsp3) is 0.211. The lowest BCUT2D eigenvalue weighted by Gasteiger charge is -2.06. The van der Waals surface area contributed by atoms with Crippen molar-refractivity contribution in [3.05, 3.63) is 64.2 Å². The minimum atomic E-state index is -0.637. The molecule has 0 saturated heterocycles. The van der Waals surface area contributed by atoms with Crippen LogP contribution in [0.2, 0.25) is 5.02 Å². The van der Waals surface area contributed by atoms with Crippen LogP contribution in [0.25, 0.3) is 0 Å². The highest BCUT2D eigenvalue weighted by Gasteiger charge is 2.14. The van der Waals surface area contributed by atoms with Gasteiger partial charge in [-0.2, -0.15) is 5.26 Å². The van der Waals surface area contributed by atoms with E-state index < -0.39 is 11.7 Å². The summed E-state index contributed by atoms with van der Waals surface area (Å²) < 4.78 is 5.08. The van der Waals surface area contributed by atoms with Crippen molar-refractivity contribution in [3.8, 4) is 11.8 Å². The van der Waals surface area contributed by atoms with Gasteiger partial charge in [0.1, 0.15) is 11.8 Å². The number of nitrogens with zero attached hydrogens (tertiary/aromatic N) is 1. The van der Waals surface area contributed by atoms with Crippen molar-refractivity contribution in [3.63, 3.8) is 0 Å². The summed E-state index contributed by atoms with van der Waals surface area (Å²) in [5.74, 6) is -0.425. The zero-order valence-corrected chi connectivity index (χ0v) is 14.5. The van der Waals surface area contributed by atoms with Crippen LogP contribution in [0, 0.1) is 11.3 Å². The molecule has 25 heavy (non-hydrogen) atoms. The predicted molar refractivity (Wildman–Crippen MR) is 94.6 cm³/mol. The molecule has 0 saturated carbocycles. The van der Waals surface area contributed by atoms with E-state index in [4.69, 9.17) is 21.6 Å². The van der Waals surface area contributed by atoms with Crippen molar-refractivity contribution >= 4 is 23.3 Å². The molecular formula is C19H17ClN2O3. The zero-order valence-electron chi connectivity index (χ0n) is 13.7. The maximum atomic E-state index is 12.0. The molecule has 0 aliphatic carbocycles. The maximum Gasteiger partial charge on any atom is 0.287 e. The Morgan fingerprint density at radius 3 is 2.48 bits per heavy atom. The van der Waals surface area contributed by atoms with Gasteiger partial charge in [0.05, 0.1) is 17.7 Å². The zero-order chi connectivity index (χ0) is 18.2. The molecule has 0 atom stereocenters. The Morgan fingerprint density at radius 2 is 1.84 bits per heavy atom. The van der Waals surface area contributed by atoms with E-state index in [9.17, 15) is 9.59 Å². The molecule has 0 aliphatic heterocycles. The molecule has 0 aromatic heterocycles. The summed E-state index contributed by atoms with van der Waals surface area (Å²) in [6.45, 7) is 0.362. The normalized spacial score (nSPS) is 9.96. The third-order valence-corrected chi connectivity index (χ3v) is 3.96. The summed E-state index contributed by atoms with van der Waals surface area (Å²) >= 11 is 5.85. The molecule has 0 aliphatic rings. The monoisotopic (exact) mass is 356 g/mol. The molecule has 2 rings (SSSR count). The van der Waals surface area contributed by atoms with E-state index in [0.717, 1.165) is 11.3 Å². The SMILES string of the molecule is COc1ccc(CCNC(=O)C(=O)Cc2ccc(Cl)c(C#N)c2)cc1. The number of carbonyl (C=O) groups is 2. The molecule has 0 fully saturated rings. The Bertz CT molecular complexity index is 810. The van der Waals surface area contributed by atoms with Crippen LogP contribution in [0.3, 0.4) is 0 Å². The molecule has 2 aromatic carbocycles. The Hall–Kier alpha value is -2.84. The largest absolute Gasteiger partial charge is 0.497 e. The molecule has 1 amide bonds. The van der Waals surface area contributed by atoms with Gasteiger partial charge in [0.25, 0.3) is 5.91 Å². The number of methoxy groups -OCH3 is 1. The van der Waals surface area contributed by atoms with Crippen molar-refractivity contribution in [2.45, 2.75) is 12.8 Å². The summed E-state index contributed by atoms with van der Waals surface area (Å²) in [6.07, 6.45) is 0.544. The second-order valence-corrected chi connectivity index (χ2v) is 5.79. The van der Waals surface area contributed by atoms with Gasteiger partial charge in [-0.3, -0.25) is 9.59 Å². The third kappa shape index (κ3) is 5.33. The van der Waals surface area contributed by atoms with Crippen molar-refractivity contribution < 1.29 is 14.3 Å². The highest BCUT2D eigenvalue weighted by Crippen LogP contribution is 2.17. The van der Waals surface area contributed by atoms with Gasteiger partial charge in [-0.25, -0.2) is 0 Å². The van der Waals surface area contributed by atoms with Crippen molar-refractivity contribution in [1.82, 2.24) is 5.32 Å². The highest BCUT2D eigenvalue weighted by molar-refractivity contribution is 6.36. The van der Waals surface area contributed by atoms with Crippen LogP contribution in [0.5, 0.6) is 5.75 Å². The van der Waals surface area contributed by atoms with E-state index in [2.05, 4.69) is 5.32 Å². The van der Waals surface area contributed by atoms with Gasteiger partial charge in [-0.05, 0) is 41.8 Å². The lowest BCUT2D eigenvalue weighted by atomic mass is 10.1. The molecule has 1 N–H and O–H groups in total. The first kappa shape index (κ1) is 18.5. The van der Waals surface area contributed by atoms with Crippen LogP contribution in [0.15, 0.2) is 42.5 Å². The Kier molecular flexibility index (Phi) is 6.55. The Balaban J connectivity index is 1.83. The molecular weight excluding hydrogens is 340 g/mol. The number of rotatable bonds is 7. The van der Waals surface area contributed by atoms with Crippen molar-refractivity contribution in [2.75, 3.05) is 13.7 Å². The molecule has 0 spiro atoms. The fourth-order valence-electron chi connectivity index (χ4n) is 2.24. The smallest absolute Gasteiger partial charge is 0.287 e. The van der Waals surface area contributed by atoms with E-state index in [1.807, 2.05) is 30.3 Å². The van der Waals surface area contributed by atoms with Gasteiger partial charge >= 0.3 is 0 Å². The molecule has 0 radical (unpaired) electrons. The number of nitrogens with one attached hydrogen (secondary N) is 1. The molecule has 0 bridgehead atoms. The number of benzene rings is 2. The second-order valence-electron chi connectivity index (χ2n) is 5.38. The average Bonchev–Trinajstić information content (AvgIpc) is 2.63. The van der Waals surface area contributed by atoms with Gasteiger partial charge in [0, 0.05) is 13.0 Å². The van der Waals surface area contributed by atoms with E-state index in [-0.39, 0.29) is 12.0 Å². The quantitative estimate of drug-likeness (QED) is 0.773. The number of amides is 1. The molecule has 0 unspecified atom stereocenters. The Morgan fingerprint density at radius 1 is 1.16 bits per heavy atom. The standard InChI is InChI=1S/C19H17ClN2O3/c1-25-16-5-2-13(3-6-16)8-9-22-19(24)18(23)11-14-4-7-17(20)15(10-14)12-21/h2-7,10H,8-9,11H2,1H3,(H,22,24). The van der Waals surface area contributed by atoms with Gasteiger partial charge in [-0.1, -0.05) is 29.8 Å². The lowest BCUT2D eigenvalue weighted by Crippen LogP contribution is -2.33. The van der Waals surface area contributed by atoms with Crippen molar-refractivity contribution in [1.29, 1.82) is 5.26 Å². The number of nitriles is 1. The van der Waals surface area contributed by atoms with Crippen molar-refractivity contribution in [2.24, 2.45) is 0 Å². The van der Waals surface area contributed by atoms with E-state index in [1.54, 1.807) is 19.2 Å². The number of ether oxygens (including phenoxy) is 1. The first-order valence-corrected chi connectivity index (χ1v) is 8.03. The third-order valence-electron chi connectivity index (χ3n) is 3.63.